The molecule has 2 aromatic carbocycles. The minimum Gasteiger partial charge on any atom is -0.491 e. The van der Waals surface area contributed by atoms with Crippen molar-refractivity contribution in [3.63, 3.8) is 0 Å². The van der Waals surface area contributed by atoms with Crippen molar-refractivity contribution in [3.05, 3.63) is 75.1 Å². The van der Waals surface area contributed by atoms with Crippen molar-refractivity contribution in [1.29, 1.82) is 0 Å². The van der Waals surface area contributed by atoms with Crippen LogP contribution < -0.4 is 10.3 Å². The molecule has 1 unspecified atom stereocenters. The minimum atomic E-state index is -0.846. The Kier molecular flexibility index (Phi) is 4.72. The van der Waals surface area contributed by atoms with Gasteiger partial charge in [0.15, 0.2) is 0 Å². The number of ether oxygens (including phenoxy) is 1. The lowest BCUT2D eigenvalue weighted by molar-refractivity contribution is 0.0925. The summed E-state index contributed by atoms with van der Waals surface area (Å²) in [5, 5.41) is 15.5. The van der Waals surface area contributed by atoms with Crippen molar-refractivity contribution in [2.75, 3.05) is 6.61 Å². The average Bonchev–Trinajstić information content (AvgIpc) is 3.05. The molecule has 0 amide bonds. The summed E-state index contributed by atoms with van der Waals surface area (Å²) in [4.78, 5) is 13.0. The van der Waals surface area contributed by atoms with Gasteiger partial charge in [-0.15, -0.1) is 0 Å². The van der Waals surface area contributed by atoms with Gasteiger partial charge in [-0.1, -0.05) is 34.1 Å². The van der Waals surface area contributed by atoms with Crippen LogP contribution in [0.4, 0.5) is 0 Å². The van der Waals surface area contributed by atoms with Crippen molar-refractivity contribution in [3.8, 4) is 5.75 Å². The molecule has 0 aliphatic rings. The van der Waals surface area contributed by atoms with Gasteiger partial charge in [-0.3, -0.25) is 9.36 Å². The lowest BCUT2D eigenvalue weighted by Gasteiger charge is -2.16. The number of hydrogen-bond acceptors (Lipinski definition) is 4. The smallest absolute Gasteiger partial charge is 0.261 e. The van der Waals surface area contributed by atoms with Gasteiger partial charge in [-0.2, -0.15) is 5.10 Å². The number of para-hydroxylation sites is 1. The van der Waals surface area contributed by atoms with E-state index in [0.29, 0.717) is 16.8 Å². The van der Waals surface area contributed by atoms with Gasteiger partial charge in [0, 0.05) is 10.5 Å². The third-order valence-corrected chi connectivity index (χ3v) is 4.82. The molecule has 0 radical (unpaired) electrons. The summed E-state index contributed by atoms with van der Waals surface area (Å²) in [6.45, 7) is 2.07. The van der Waals surface area contributed by atoms with Gasteiger partial charge in [0.25, 0.3) is 5.56 Å². The van der Waals surface area contributed by atoms with Crippen molar-refractivity contribution in [2.45, 2.75) is 19.6 Å². The number of halogens is 1. The van der Waals surface area contributed by atoms with Gasteiger partial charge in [0.2, 0.25) is 0 Å². The Morgan fingerprint density at radius 3 is 2.81 bits per heavy atom. The van der Waals surface area contributed by atoms with Crippen LogP contribution in [0.5, 0.6) is 5.75 Å². The van der Waals surface area contributed by atoms with Crippen LogP contribution in [0, 0.1) is 6.92 Å². The molecule has 0 saturated heterocycles. The van der Waals surface area contributed by atoms with E-state index >= 15 is 0 Å². The van der Waals surface area contributed by atoms with Crippen LogP contribution in [0.25, 0.3) is 16.6 Å². The Labute approximate surface area is 163 Å². The van der Waals surface area contributed by atoms with Gasteiger partial charge in [-0.05, 0) is 37.3 Å². The molecule has 6 nitrogen and oxygen atoms in total. The first-order chi connectivity index (χ1) is 13.0. The molecule has 7 heteroatoms. The predicted molar refractivity (Wildman–Crippen MR) is 107 cm³/mol. The van der Waals surface area contributed by atoms with Crippen molar-refractivity contribution in [2.24, 2.45) is 0 Å². The minimum absolute atomic E-state index is 0.0784. The third kappa shape index (κ3) is 3.48. The Bertz CT molecular complexity index is 1180. The fraction of sp³-hybridized carbons (Fsp3) is 0.200. The Hall–Kier alpha value is -2.64. The largest absolute Gasteiger partial charge is 0.491 e. The first-order valence-corrected chi connectivity index (χ1v) is 9.36. The SMILES string of the molecule is Cc1cc2n(CC(O)COc3cccc(Br)c3)c(=O)c3ccccc3n2n1. The fourth-order valence-corrected chi connectivity index (χ4v) is 3.51. The summed E-state index contributed by atoms with van der Waals surface area (Å²) in [5.41, 5.74) is 2.05. The number of aliphatic hydroxyl groups excluding tert-OH is 1. The normalized spacial score (nSPS) is 12.6. The molecule has 0 spiro atoms. The second kappa shape index (κ2) is 7.17. The molecule has 0 fully saturated rings. The van der Waals surface area contributed by atoms with Gasteiger partial charge < -0.3 is 9.84 Å². The highest BCUT2D eigenvalue weighted by atomic mass is 79.9. The summed E-state index contributed by atoms with van der Waals surface area (Å²) in [7, 11) is 0. The van der Waals surface area contributed by atoms with Gasteiger partial charge >= 0.3 is 0 Å². The van der Waals surface area contributed by atoms with Crippen LogP contribution in [0.15, 0.2) is 63.9 Å². The topological polar surface area (TPSA) is 68.8 Å². The lowest BCUT2D eigenvalue weighted by atomic mass is 10.2. The molecular formula is C20H18BrN3O3. The zero-order valence-corrected chi connectivity index (χ0v) is 16.3. The summed E-state index contributed by atoms with van der Waals surface area (Å²) < 4.78 is 9.84. The van der Waals surface area contributed by atoms with Crippen LogP contribution in [0.2, 0.25) is 0 Å². The molecule has 4 rings (SSSR count). The van der Waals surface area contributed by atoms with E-state index in [1.54, 1.807) is 15.1 Å². The van der Waals surface area contributed by atoms with Gasteiger partial charge in [0.1, 0.15) is 24.1 Å². The van der Waals surface area contributed by atoms with Gasteiger partial charge in [-0.25, -0.2) is 4.52 Å². The maximum absolute atomic E-state index is 13.0. The number of benzene rings is 2. The van der Waals surface area contributed by atoms with E-state index < -0.39 is 6.10 Å². The molecule has 0 bridgehead atoms. The second-order valence-corrected chi connectivity index (χ2v) is 7.33. The highest BCUT2D eigenvalue weighted by molar-refractivity contribution is 9.10. The molecule has 4 aromatic rings. The summed E-state index contributed by atoms with van der Waals surface area (Å²) in [6.07, 6.45) is -0.846. The van der Waals surface area contributed by atoms with E-state index in [9.17, 15) is 9.90 Å². The summed E-state index contributed by atoms with van der Waals surface area (Å²) in [6, 6.07) is 16.6. The number of nitrogens with zero attached hydrogens (tertiary/aromatic N) is 3. The highest BCUT2D eigenvalue weighted by Gasteiger charge is 2.16. The molecule has 27 heavy (non-hydrogen) atoms. The van der Waals surface area contributed by atoms with Crippen LogP contribution >= 0.6 is 15.9 Å². The van der Waals surface area contributed by atoms with E-state index in [1.165, 1.54) is 0 Å². The van der Waals surface area contributed by atoms with Crippen molar-refractivity contribution >= 4 is 32.5 Å². The molecule has 1 N–H and O–H groups in total. The van der Waals surface area contributed by atoms with E-state index in [1.807, 2.05) is 55.5 Å². The number of fused-ring (bicyclic) bond motifs is 3. The first kappa shape index (κ1) is 17.8. The van der Waals surface area contributed by atoms with E-state index in [4.69, 9.17) is 4.74 Å². The number of aryl methyl sites for hydroxylation is 1. The third-order valence-electron chi connectivity index (χ3n) is 4.33. The Morgan fingerprint density at radius 1 is 1.19 bits per heavy atom. The van der Waals surface area contributed by atoms with Crippen LogP contribution in [0.3, 0.4) is 0 Å². The van der Waals surface area contributed by atoms with Crippen molar-refractivity contribution < 1.29 is 9.84 Å². The van der Waals surface area contributed by atoms with E-state index in [-0.39, 0.29) is 18.7 Å². The quantitative estimate of drug-likeness (QED) is 0.530. The number of rotatable bonds is 5. The molecule has 2 aromatic heterocycles. The zero-order valence-electron chi connectivity index (χ0n) is 14.7. The van der Waals surface area contributed by atoms with Crippen LogP contribution in [-0.2, 0) is 6.54 Å². The van der Waals surface area contributed by atoms with Crippen LogP contribution in [-0.4, -0.2) is 32.0 Å². The fourth-order valence-electron chi connectivity index (χ4n) is 3.13. The van der Waals surface area contributed by atoms with E-state index in [2.05, 4.69) is 21.0 Å². The standard InChI is InChI=1S/C20H18BrN3O3/c1-13-9-19-23(11-15(25)12-27-16-6-4-5-14(21)10-16)20(26)17-7-2-3-8-18(17)24(19)22-13/h2-10,15,25H,11-12H2,1H3. The molecule has 0 aliphatic carbocycles. The second-order valence-electron chi connectivity index (χ2n) is 6.41. The van der Waals surface area contributed by atoms with Crippen molar-refractivity contribution in [1.82, 2.24) is 14.2 Å². The maximum atomic E-state index is 13.0. The Balaban J connectivity index is 1.66. The van der Waals surface area contributed by atoms with E-state index in [0.717, 1.165) is 15.7 Å². The maximum Gasteiger partial charge on any atom is 0.261 e. The summed E-state index contributed by atoms with van der Waals surface area (Å²) >= 11 is 3.39. The molecular weight excluding hydrogens is 410 g/mol. The van der Waals surface area contributed by atoms with Gasteiger partial charge in [0.05, 0.1) is 23.1 Å². The summed E-state index contributed by atoms with van der Waals surface area (Å²) in [5.74, 6) is 0.652. The highest BCUT2D eigenvalue weighted by Crippen LogP contribution is 2.18. The molecule has 0 saturated carbocycles. The Morgan fingerprint density at radius 2 is 2.00 bits per heavy atom. The average molecular weight is 428 g/mol. The monoisotopic (exact) mass is 427 g/mol. The number of aliphatic hydroxyl groups is 1. The lowest BCUT2D eigenvalue weighted by Crippen LogP contribution is -2.31. The first-order valence-electron chi connectivity index (χ1n) is 8.57. The predicted octanol–water partition coefficient (Wildman–Crippen LogP) is 3.16. The zero-order chi connectivity index (χ0) is 19.0. The van der Waals surface area contributed by atoms with Crippen LogP contribution in [0.1, 0.15) is 5.69 Å². The number of aromatic nitrogens is 3. The molecule has 2 heterocycles. The molecule has 138 valence electrons. The molecule has 1 atom stereocenters. The molecule has 0 aliphatic heterocycles. The number of hydrogen-bond donors (Lipinski definition) is 1.